The van der Waals surface area contributed by atoms with Crippen LogP contribution in [0.25, 0.3) is 5.69 Å². The van der Waals surface area contributed by atoms with Crippen molar-refractivity contribution in [3.05, 3.63) is 91.5 Å². The van der Waals surface area contributed by atoms with E-state index in [-0.39, 0.29) is 12.2 Å². The highest BCUT2D eigenvalue weighted by Crippen LogP contribution is 2.11. The summed E-state index contributed by atoms with van der Waals surface area (Å²) < 4.78 is 15.9. The Labute approximate surface area is 172 Å². The number of rotatable bonds is 6. The second-order valence-electron chi connectivity index (χ2n) is 7.11. The predicted molar refractivity (Wildman–Crippen MR) is 112 cm³/mol. The summed E-state index contributed by atoms with van der Waals surface area (Å²) in [5.41, 5.74) is 0.316. The number of hydrogen-bond donors (Lipinski definition) is 1. The van der Waals surface area contributed by atoms with Crippen molar-refractivity contribution in [1.29, 1.82) is 0 Å². The molecule has 0 saturated carbocycles. The van der Waals surface area contributed by atoms with Gasteiger partial charge in [-0.3, -0.25) is 14.2 Å². The lowest BCUT2D eigenvalue weighted by molar-refractivity contribution is 0.0944. The average molecular weight is 410 g/mol. The zero-order valence-electron chi connectivity index (χ0n) is 17.1. The molecular weight excluding hydrogens is 387 g/mol. The molecule has 0 aliphatic carbocycles. The average Bonchev–Trinajstić information content (AvgIpc) is 2.73. The number of nitrogens with one attached hydrogen (secondary N) is 1. The molecular formula is C22H23FN4O3. The molecule has 0 atom stereocenters. The molecule has 0 fully saturated rings. The van der Waals surface area contributed by atoms with Crippen molar-refractivity contribution in [2.45, 2.75) is 33.7 Å². The number of amides is 1. The van der Waals surface area contributed by atoms with Gasteiger partial charge in [0.1, 0.15) is 5.82 Å². The van der Waals surface area contributed by atoms with E-state index in [1.165, 1.54) is 12.1 Å². The third-order valence-electron chi connectivity index (χ3n) is 4.67. The van der Waals surface area contributed by atoms with Crippen molar-refractivity contribution in [3.63, 3.8) is 0 Å². The number of benzene rings is 2. The van der Waals surface area contributed by atoms with E-state index in [9.17, 15) is 18.8 Å². The maximum Gasteiger partial charge on any atom is 0.352 e. The fraction of sp³-hybridized carbons (Fsp3) is 0.273. The summed E-state index contributed by atoms with van der Waals surface area (Å²) in [6.07, 6.45) is 0.673. The van der Waals surface area contributed by atoms with E-state index >= 15 is 0 Å². The number of nitrogens with zero attached hydrogens (tertiary/aromatic N) is 3. The Bertz CT molecular complexity index is 1200. The molecule has 1 aromatic heterocycles. The molecule has 0 aliphatic heterocycles. The fourth-order valence-electron chi connectivity index (χ4n) is 2.88. The van der Waals surface area contributed by atoms with Crippen LogP contribution in [0.4, 0.5) is 4.39 Å². The van der Waals surface area contributed by atoms with Crippen molar-refractivity contribution in [2.75, 3.05) is 6.54 Å². The van der Waals surface area contributed by atoms with Crippen LogP contribution >= 0.6 is 0 Å². The van der Waals surface area contributed by atoms with Crippen LogP contribution < -0.4 is 16.6 Å². The van der Waals surface area contributed by atoms with Gasteiger partial charge in [0, 0.05) is 12.6 Å². The summed E-state index contributed by atoms with van der Waals surface area (Å²) in [7, 11) is 0. The minimum absolute atomic E-state index is 0.0388. The molecule has 0 radical (unpaired) electrons. The number of aryl methyl sites for hydroxylation is 2. The summed E-state index contributed by atoms with van der Waals surface area (Å²) in [6, 6.07) is 11.5. The van der Waals surface area contributed by atoms with Gasteiger partial charge in [-0.05, 0) is 37.5 Å². The predicted octanol–water partition coefficient (Wildman–Crippen LogP) is 2.34. The van der Waals surface area contributed by atoms with Gasteiger partial charge in [0.15, 0.2) is 0 Å². The van der Waals surface area contributed by atoms with E-state index < -0.39 is 28.7 Å². The molecule has 8 heteroatoms. The number of carbonyl (C=O) groups excluding carboxylic acids is 1. The van der Waals surface area contributed by atoms with Gasteiger partial charge >= 0.3 is 5.69 Å². The van der Waals surface area contributed by atoms with Crippen molar-refractivity contribution in [2.24, 2.45) is 0 Å². The quantitative estimate of drug-likeness (QED) is 0.676. The van der Waals surface area contributed by atoms with E-state index in [1.54, 1.807) is 19.1 Å². The molecule has 0 aliphatic rings. The molecule has 7 nitrogen and oxygen atoms in total. The standard InChI is InChI=1S/C22H23FN4O3/c1-4-11-24-20(28)19-21(29)26(13-16-8-5-14(2)6-9-16)22(30)27(25-19)17-10-7-15(3)18(23)12-17/h5-10,12H,4,11,13H2,1-3H3,(H,24,28). The number of aromatic nitrogens is 3. The summed E-state index contributed by atoms with van der Waals surface area (Å²) in [5.74, 6) is -1.20. The van der Waals surface area contributed by atoms with E-state index in [1.807, 2.05) is 26.0 Å². The lowest BCUT2D eigenvalue weighted by Crippen LogP contribution is -2.46. The van der Waals surface area contributed by atoms with Crippen molar-refractivity contribution < 1.29 is 9.18 Å². The second kappa shape index (κ2) is 8.86. The first-order valence-electron chi connectivity index (χ1n) is 9.66. The zero-order chi connectivity index (χ0) is 21.8. The fourth-order valence-corrected chi connectivity index (χ4v) is 2.88. The van der Waals surface area contributed by atoms with E-state index in [4.69, 9.17) is 0 Å². The highest BCUT2D eigenvalue weighted by Gasteiger charge is 2.20. The van der Waals surface area contributed by atoms with E-state index in [0.29, 0.717) is 24.1 Å². The Morgan fingerprint density at radius 2 is 1.80 bits per heavy atom. The topological polar surface area (TPSA) is 86.0 Å². The van der Waals surface area contributed by atoms with Gasteiger partial charge in [-0.25, -0.2) is 9.18 Å². The van der Waals surface area contributed by atoms with Gasteiger partial charge in [0.05, 0.1) is 12.2 Å². The van der Waals surface area contributed by atoms with Crippen LogP contribution in [0.15, 0.2) is 52.1 Å². The van der Waals surface area contributed by atoms with Crippen LogP contribution in [-0.2, 0) is 6.54 Å². The molecule has 0 saturated heterocycles. The molecule has 1 amide bonds. The Kier molecular flexibility index (Phi) is 6.25. The molecule has 0 spiro atoms. The lowest BCUT2D eigenvalue weighted by atomic mass is 10.1. The number of hydrogen-bond acceptors (Lipinski definition) is 4. The molecule has 3 aromatic rings. The van der Waals surface area contributed by atoms with Crippen LogP contribution in [0.1, 0.15) is 40.5 Å². The summed E-state index contributed by atoms with van der Waals surface area (Å²) in [6.45, 7) is 5.72. The van der Waals surface area contributed by atoms with Crippen LogP contribution in [-0.4, -0.2) is 26.8 Å². The highest BCUT2D eigenvalue weighted by atomic mass is 19.1. The first-order valence-corrected chi connectivity index (χ1v) is 9.66. The summed E-state index contributed by atoms with van der Waals surface area (Å²) in [4.78, 5) is 38.5. The maximum atomic E-state index is 14.1. The normalized spacial score (nSPS) is 10.8. The van der Waals surface area contributed by atoms with Gasteiger partial charge in [-0.15, -0.1) is 0 Å². The third-order valence-corrected chi connectivity index (χ3v) is 4.67. The largest absolute Gasteiger partial charge is 0.352 e. The minimum Gasteiger partial charge on any atom is -0.350 e. The highest BCUT2D eigenvalue weighted by molar-refractivity contribution is 5.91. The Balaban J connectivity index is 2.19. The van der Waals surface area contributed by atoms with Crippen LogP contribution in [0.5, 0.6) is 0 Å². The molecule has 0 unspecified atom stereocenters. The van der Waals surface area contributed by atoms with Crippen molar-refractivity contribution in [3.8, 4) is 5.69 Å². The molecule has 1 N–H and O–H groups in total. The minimum atomic E-state index is -0.794. The van der Waals surface area contributed by atoms with Gasteiger partial charge in [-0.1, -0.05) is 42.8 Å². The lowest BCUT2D eigenvalue weighted by Gasteiger charge is -2.13. The van der Waals surface area contributed by atoms with Crippen LogP contribution in [0.3, 0.4) is 0 Å². The van der Waals surface area contributed by atoms with Crippen LogP contribution in [0.2, 0.25) is 0 Å². The van der Waals surface area contributed by atoms with E-state index in [2.05, 4.69) is 10.4 Å². The third kappa shape index (κ3) is 4.37. The molecule has 0 bridgehead atoms. The maximum absolute atomic E-state index is 14.1. The molecule has 30 heavy (non-hydrogen) atoms. The SMILES string of the molecule is CCCNC(=O)c1nn(-c2ccc(C)c(F)c2)c(=O)n(Cc2ccc(C)cc2)c1=O. The number of carbonyl (C=O) groups is 1. The first kappa shape index (κ1) is 21.2. The van der Waals surface area contributed by atoms with Crippen molar-refractivity contribution >= 4 is 5.91 Å². The van der Waals surface area contributed by atoms with Gasteiger partial charge < -0.3 is 5.32 Å². The molecule has 156 valence electrons. The van der Waals surface area contributed by atoms with Gasteiger partial charge in [0.2, 0.25) is 5.69 Å². The number of halogens is 1. The van der Waals surface area contributed by atoms with Crippen LogP contribution in [0, 0.1) is 19.7 Å². The Morgan fingerprint density at radius 1 is 1.10 bits per heavy atom. The van der Waals surface area contributed by atoms with Gasteiger partial charge in [-0.2, -0.15) is 9.78 Å². The smallest absolute Gasteiger partial charge is 0.350 e. The monoisotopic (exact) mass is 410 g/mol. The summed E-state index contributed by atoms with van der Waals surface area (Å²) >= 11 is 0. The Hall–Kier alpha value is -3.55. The Morgan fingerprint density at radius 3 is 2.43 bits per heavy atom. The first-order chi connectivity index (χ1) is 14.3. The molecule has 2 aromatic carbocycles. The van der Waals surface area contributed by atoms with Crippen molar-refractivity contribution in [1.82, 2.24) is 19.7 Å². The van der Waals surface area contributed by atoms with Gasteiger partial charge in [0.25, 0.3) is 11.5 Å². The molecule has 1 heterocycles. The zero-order valence-corrected chi connectivity index (χ0v) is 17.1. The van der Waals surface area contributed by atoms with E-state index in [0.717, 1.165) is 20.9 Å². The second-order valence-corrected chi connectivity index (χ2v) is 7.11. The summed E-state index contributed by atoms with van der Waals surface area (Å²) in [5, 5.41) is 6.58. The molecule has 3 rings (SSSR count).